The van der Waals surface area contributed by atoms with E-state index >= 15 is 0 Å². The summed E-state index contributed by atoms with van der Waals surface area (Å²) in [6.07, 6.45) is 4.94. The number of nitrogens with zero attached hydrogens (tertiary/aromatic N) is 2. The highest BCUT2D eigenvalue weighted by Gasteiger charge is 2.22. The van der Waals surface area contributed by atoms with Gasteiger partial charge in [0.2, 0.25) is 11.0 Å². The van der Waals surface area contributed by atoms with Crippen LogP contribution in [-0.4, -0.2) is 22.7 Å². The highest BCUT2D eigenvalue weighted by Crippen LogP contribution is 2.31. The molecule has 22 heavy (non-hydrogen) atoms. The lowest BCUT2D eigenvalue weighted by Gasteiger charge is -2.01. The highest BCUT2D eigenvalue weighted by atomic mass is 32.1. The second-order valence-corrected chi connectivity index (χ2v) is 5.83. The monoisotopic (exact) mass is 319 g/mol. The molecule has 0 aliphatic carbocycles. The fraction of sp³-hybridized carbons (Fsp3) is 0.267. The Bertz CT molecular complexity index is 678. The molecule has 1 amide bonds. The smallest absolute Gasteiger partial charge is 0.250 e. The molecule has 0 saturated carbocycles. The summed E-state index contributed by atoms with van der Waals surface area (Å²) in [6.45, 7) is 0.742. The first-order valence-corrected chi connectivity index (χ1v) is 7.72. The van der Waals surface area contributed by atoms with Crippen LogP contribution in [0, 0.1) is 5.82 Å². The Balaban J connectivity index is 1.58. The van der Waals surface area contributed by atoms with E-state index in [0.717, 1.165) is 30.0 Å². The number of rotatable bonds is 4. The number of hydrogen-bond donors (Lipinski definition) is 1. The fourth-order valence-electron chi connectivity index (χ4n) is 2.08. The van der Waals surface area contributed by atoms with E-state index < -0.39 is 0 Å². The first-order valence-electron chi connectivity index (χ1n) is 6.90. The molecule has 1 N–H and O–H groups in total. The standard InChI is InChI=1S/C15H14FN3O2S/c16-11-6-3-10(4-7-11)5-8-13(20)17-15-19-18-14(22-15)12-2-1-9-21-12/h3-8,12H,1-2,9H2,(H,17,19,20)/b8-5+. The average molecular weight is 319 g/mol. The van der Waals surface area contributed by atoms with Crippen molar-refractivity contribution in [3.63, 3.8) is 0 Å². The Labute approximate surface area is 130 Å². The van der Waals surface area contributed by atoms with Gasteiger partial charge < -0.3 is 4.74 Å². The van der Waals surface area contributed by atoms with Crippen molar-refractivity contribution in [1.82, 2.24) is 10.2 Å². The molecule has 1 aromatic heterocycles. The molecule has 1 unspecified atom stereocenters. The summed E-state index contributed by atoms with van der Waals surface area (Å²) < 4.78 is 18.3. The number of halogens is 1. The van der Waals surface area contributed by atoms with Crippen LogP contribution in [0.15, 0.2) is 30.3 Å². The Hall–Kier alpha value is -2.12. The molecule has 0 bridgehead atoms. The Kier molecular flexibility index (Phi) is 4.55. The van der Waals surface area contributed by atoms with E-state index in [1.807, 2.05) is 0 Å². The van der Waals surface area contributed by atoms with Crippen LogP contribution in [0.4, 0.5) is 9.52 Å². The van der Waals surface area contributed by atoms with Gasteiger partial charge in [-0.2, -0.15) is 0 Å². The van der Waals surface area contributed by atoms with E-state index in [-0.39, 0.29) is 17.8 Å². The number of anilines is 1. The van der Waals surface area contributed by atoms with Crippen molar-refractivity contribution in [2.75, 3.05) is 11.9 Å². The van der Waals surface area contributed by atoms with Crippen molar-refractivity contribution in [2.45, 2.75) is 18.9 Å². The number of aromatic nitrogens is 2. The van der Waals surface area contributed by atoms with Crippen molar-refractivity contribution in [2.24, 2.45) is 0 Å². The number of benzene rings is 1. The van der Waals surface area contributed by atoms with Gasteiger partial charge in [-0.25, -0.2) is 4.39 Å². The number of ether oxygens (including phenoxy) is 1. The van der Waals surface area contributed by atoms with Crippen LogP contribution in [-0.2, 0) is 9.53 Å². The zero-order valence-corrected chi connectivity index (χ0v) is 12.5. The van der Waals surface area contributed by atoms with Crippen LogP contribution in [0.2, 0.25) is 0 Å². The first kappa shape index (κ1) is 14.8. The molecule has 2 aromatic rings. The normalized spacial score (nSPS) is 18.0. The van der Waals surface area contributed by atoms with Gasteiger partial charge in [0.15, 0.2) is 0 Å². The third kappa shape index (κ3) is 3.75. The maximum atomic E-state index is 12.8. The molecule has 1 atom stereocenters. The van der Waals surface area contributed by atoms with E-state index in [2.05, 4.69) is 15.5 Å². The number of carbonyl (C=O) groups excluding carboxylic acids is 1. The van der Waals surface area contributed by atoms with Gasteiger partial charge in [-0.15, -0.1) is 10.2 Å². The van der Waals surface area contributed by atoms with Gasteiger partial charge in [0.05, 0.1) is 0 Å². The lowest BCUT2D eigenvalue weighted by atomic mass is 10.2. The number of nitrogens with one attached hydrogen (secondary N) is 1. The Morgan fingerprint density at radius 2 is 2.18 bits per heavy atom. The molecule has 1 aliphatic heterocycles. The van der Waals surface area contributed by atoms with Crippen molar-refractivity contribution in [3.05, 3.63) is 46.7 Å². The summed E-state index contributed by atoms with van der Waals surface area (Å²) in [4.78, 5) is 11.8. The van der Waals surface area contributed by atoms with Crippen LogP contribution < -0.4 is 5.32 Å². The molecular weight excluding hydrogens is 305 g/mol. The average Bonchev–Trinajstić information content (AvgIpc) is 3.17. The molecule has 0 radical (unpaired) electrons. The maximum Gasteiger partial charge on any atom is 0.250 e. The first-order chi connectivity index (χ1) is 10.7. The molecule has 3 rings (SSSR count). The summed E-state index contributed by atoms with van der Waals surface area (Å²) in [7, 11) is 0. The van der Waals surface area contributed by atoms with Crippen LogP contribution >= 0.6 is 11.3 Å². The van der Waals surface area contributed by atoms with Gasteiger partial charge in [-0.3, -0.25) is 10.1 Å². The molecule has 5 nitrogen and oxygen atoms in total. The fourth-order valence-corrected chi connectivity index (χ4v) is 2.91. The minimum absolute atomic E-state index is 0.00194. The zero-order valence-electron chi connectivity index (χ0n) is 11.7. The van der Waals surface area contributed by atoms with Gasteiger partial charge in [0.25, 0.3) is 0 Å². The van der Waals surface area contributed by atoms with Crippen LogP contribution in [0.5, 0.6) is 0 Å². The van der Waals surface area contributed by atoms with Gasteiger partial charge in [0.1, 0.15) is 16.9 Å². The highest BCUT2D eigenvalue weighted by molar-refractivity contribution is 7.15. The van der Waals surface area contributed by atoms with E-state index in [4.69, 9.17) is 4.74 Å². The van der Waals surface area contributed by atoms with E-state index in [0.29, 0.717) is 5.13 Å². The minimum atomic E-state index is -0.308. The number of carbonyl (C=O) groups is 1. The predicted molar refractivity (Wildman–Crippen MR) is 81.9 cm³/mol. The number of amides is 1. The van der Waals surface area contributed by atoms with Crippen molar-refractivity contribution < 1.29 is 13.9 Å². The van der Waals surface area contributed by atoms with Gasteiger partial charge in [-0.1, -0.05) is 23.5 Å². The van der Waals surface area contributed by atoms with Gasteiger partial charge in [0, 0.05) is 12.7 Å². The summed E-state index contributed by atoms with van der Waals surface area (Å²) in [5.41, 5.74) is 0.744. The molecule has 1 fully saturated rings. The third-order valence-electron chi connectivity index (χ3n) is 3.17. The summed E-state index contributed by atoms with van der Waals surface area (Å²) in [5.74, 6) is -0.614. The lowest BCUT2D eigenvalue weighted by molar-refractivity contribution is -0.111. The van der Waals surface area contributed by atoms with Crippen LogP contribution in [0.1, 0.15) is 29.5 Å². The quantitative estimate of drug-likeness (QED) is 0.879. The van der Waals surface area contributed by atoms with E-state index in [9.17, 15) is 9.18 Å². The molecular formula is C15H14FN3O2S. The van der Waals surface area contributed by atoms with Gasteiger partial charge in [-0.05, 0) is 36.6 Å². The van der Waals surface area contributed by atoms with Crippen molar-refractivity contribution >= 4 is 28.5 Å². The molecule has 2 heterocycles. The van der Waals surface area contributed by atoms with Crippen molar-refractivity contribution in [3.8, 4) is 0 Å². The Morgan fingerprint density at radius 1 is 1.36 bits per heavy atom. The molecule has 1 saturated heterocycles. The molecule has 1 aliphatic rings. The second-order valence-electron chi connectivity index (χ2n) is 4.82. The zero-order chi connectivity index (χ0) is 15.4. The summed E-state index contributed by atoms with van der Waals surface area (Å²) in [6, 6.07) is 5.88. The lowest BCUT2D eigenvalue weighted by Crippen LogP contribution is -2.07. The summed E-state index contributed by atoms with van der Waals surface area (Å²) in [5, 5.41) is 11.9. The second kappa shape index (κ2) is 6.76. The summed E-state index contributed by atoms with van der Waals surface area (Å²) >= 11 is 1.32. The third-order valence-corrected chi connectivity index (χ3v) is 4.10. The molecule has 0 spiro atoms. The van der Waals surface area contributed by atoms with E-state index in [1.165, 1.54) is 29.5 Å². The molecule has 7 heteroatoms. The largest absolute Gasteiger partial charge is 0.371 e. The number of hydrogen-bond acceptors (Lipinski definition) is 5. The molecule has 1 aromatic carbocycles. The minimum Gasteiger partial charge on any atom is -0.371 e. The maximum absolute atomic E-state index is 12.8. The topological polar surface area (TPSA) is 64.1 Å². The predicted octanol–water partition coefficient (Wildman–Crippen LogP) is 3.18. The Morgan fingerprint density at radius 3 is 2.91 bits per heavy atom. The van der Waals surface area contributed by atoms with E-state index in [1.54, 1.807) is 18.2 Å². The van der Waals surface area contributed by atoms with Crippen LogP contribution in [0.3, 0.4) is 0 Å². The van der Waals surface area contributed by atoms with Crippen LogP contribution in [0.25, 0.3) is 6.08 Å². The molecule has 114 valence electrons. The van der Waals surface area contributed by atoms with Crippen molar-refractivity contribution in [1.29, 1.82) is 0 Å². The van der Waals surface area contributed by atoms with Gasteiger partial charge >= 0.3 is 0 Å². The SMILES string of the molecule is O=C(/C=C/c1ccc(F)cc1)Nc1nnc(C2CCCO2)s1.